The van der Waals surface area contributed by atoms with Crippen molar-refractivity contribution in [2.45, 2.75) is 25.4 Å². The van der Waals surface area contributed by atoms with Crippen LogP contribution in [0.1, 0.15) is 24.0 Å². The second-order valence-corrected chi connectivity index (χ2v) is 6.01. The van der Waals surface area contributed by atoms with Crippen LogP contribution in [0.4, 0.5) is 0 Å². The molecule has 0 amide bonds. The average Bonchev–Trinajstić information content (AvgIpc) is 3.28. The quantitative estimate of drug-likeness (QED) is 0.836. The number of rotatable bonds is 2. The minimum atomic E-state index is -0.196. The first-order chi connectivity index (χ1) is 10.9. The van der Waals surface area contributed by atoms with Gasteiger partial charge in [0.15, 0.2) is 0 Å². The highest BCUT2D eigenvalue weighted by molar-refractivity contribution is 6.06. The highest BCUT2D eigenvalue weighted by Crippen LogP contribution is 2.34. The van der Waals surface area contributed by atoms with Gasteiger partial charge in [0.1, 0.15) is 0 Å². The molecule has 0 radical (unpaired) electrons. The molecular weight excluding hydrogens is 284 g/mol. The van der Waals surface area contributed by atoms with E-state index in [2.05, 4.69) is 34.6 Å². The fourth-order valence-corrected chi connectivity index (χ4v) is 3.56. The van der Waals surface area contributed by atoms with Gasteiger partial charge in [-0.05, 0) is 24.0 Å². The Kier molecular flexibility index (Phi) is 2.75. The van der Waals surface area contributed by atoms with E-state index in [1.807, 2.05) is 0 Å². The molecule has 4 atom stereocenters. The molecule has 2 saturated heterocycles. The molecule has 0 bridgehead atoms. The SMILES string of the molecule is c1cc(C2=NOC3OCCC23)ccc1C1=NOC2OCCC12. The lowest BCUT2D eigenvalue weighted by atomic mass is 9.92. The van der Waals surface area contributed by atoms with Crippen molar-refractivity contribution in [3.8, 4) is 0 Å². The molecule has 6 heteroatoms. The number of ether oxygens (including phenoxy) is 2. The maximum absolute atomic E-state index is 5.49. The van der Waals surface area contributed by atoms with Gasteiger partial charge in [0, 0.05) is 0 Å². The van der Waals surface area contributed by atoms with Gasteiger partial charge in [-0.1, -0.05) is 34.6 Å². The summed E-state index contributed by atoms with van der Waals surface area (Å²) in [7, 11) is 0. The lowest BCUT2D eigenvalue weighted by molar-refractivity contribution is -0.106. The number of hydrogen-bond acceptors (Lipinski definition) is 6. The van der Waals surface area contributed by atoms with E-state index in [1.165, 1.54) is 0 Å². The fraction of sp³-hybridized carbons (Fsp3) is 0.500. The van der Waals surface area contributed by atoms with Gasteiger partial charge in [0.25, 0.3) is 0 Å². The zero-order valence-electron chi connectivity index (χ0n) is 12.0. The predicted octanol–water partition coefficient (Wildman–Crippen LogP) is 1.88. The van der Waals surface area contributed by atoms with E-state index in [0.717, 1.165) is 48.6 Å². The fourth-order valence-electron chi connectivity index (χ4n) is 3.56. The molecule has 0 N–H and O–H groups in total. The number of benzene rings is 1. The van der Waals surface area contributed by atoms with Gasteiger partial charge in [0.2, 0.25) is 12.6 Å². The second kappa shape index (κ2) is 4.79. The number of oxime groups is 2. The molecule has 5 rings (SSSR count). The van der Waals surface area contributed by atoms with Crippen LogP contribution in [0, 0.1) is 11.8 Å². The van der Waals surface area contributed by atoms with Crippen LogP contribution in [0.15, 0.2) is 34.6 Å². The van der Waals surface area contributed by atoms with Crippen molar-refractivity contribution in [2.75, 3.05) is 13.2 Å². The van der Waals surface area contributed by atoms with Crippen LogP contribution in [0.2, 0.25) is 0 Å². The maximum Gasteiger partial charge on any atom is 0.235 e. The van der Waals surface area contributed by atoms with Gasteiger partial charge in [-0.15, -0.1) is 0 Å². The Bertz CT molecular complexity index is 598. The number of nitrogens with zero attached hydrogens (tertiary/aromatic N) is 2. The first kappa shape index (κ1) is 12.6. The highest BCUT2D eigenvalue weighted by Gasteiger charge is 2.41. The monoisotopic (exact) mass is 300 g/mol. The maximum atomic E-state index is 5.49. The largest absolute Gasteiger partial charge is 0.363 e. The molecule has 4 aliphatic rings. The Morgan fingerprint density at radius 1 is 0.727 bits per heavy atom. The van der Waals surface area contributed by atoms with Gasteiger partial charge in [-0.3, -0.25) is 0 Å². The van der Waals surface area contributed by atoms with Gasteiger partial charge in [-0.25, -0.2) is 0 Å². The molecule has 2 fully saturated rings. The van der Waals surface area contributed by atoms with Crippen molar-refractivity contribution >= 4 is 11.4 Å². The summed E-state index contributed by atoms with van der Waals surface area (Å²) in [6, 6.07) is 8.29. The van der Waals surface area contributed by atoms with Crippen LogP contribution in [0.3, 0.4) is 0 Å². The topological polar surface area (TPSA) is 61.6 Å². The van der Waals surface area contributed by atoms with E-state index in [0.29, 0.717) is 0 Å². The standard InChI is InChI=1S/C16H16N2O4/c1-2-10(14-12-6-8-20-16(12)22-18-14)4-3-9(1)13-11-5-7-19-15(11)21-17-13/h1-4,11-12,15-16H,5-8H2. The molecule has 4 heterocycles. The molecule has 4 unspecified atom stereocenters. The molecule has 114 valence electrons. The number of hydrogen-bond donors (Lipinski definition) is 0. The summed E-state index contributed by atoms with van der Waals surface area (Å²) in [5, 5.41) is 8.38. The van der Waals surface area contributed by atoms with E-state index in [-0.39, 0.29) is 24.4 Å². The second-order valence-electron chi connectivity index (χ2n) is 6.01. The summed E-state index contributed by atoms with van der Waals surface area (Å²) >= 11 is 0. The van der Waals surface area contributed by atoms with Crippen molar-refractivity contribution in [3.63, 3.8) is 0 Å². The van der Waals surface area contributed by atoms with Crippen molar-refractivity contribution < 1.29 is 19.1 Å². The Morgan fingerprint density at radius 2 is 1.18 bits per heavy atom. The van der Waals surface area contributed by atoms with E-state index >= 15 is 0 Å². The van der Waals surface area contributed by atoms with E-state index in [4.69, 9.17) is 19.1 Å². The smallest absolute Gasteiger partial charge is 0.235 e. The number of fused-ring (bicyclic) bond motifs is 2. The Balaban J connectivity index is 1.40. The predicted molar refractivity (Wildman–Crippen MR) is 77.4 cm³/mol. The summed E-state index contributed by atoms with van der Waals surface area (Å²) in [4.78, 5) is 10.7. The summed E-state index contributed by atoms with van der Waals surface area (Å²) in [6.45, 7) is 1.48. The Labute approximate surface area is 127 Å². The summed E-state index contributed by atoms with van der Waals surface area (Å²) in [5.41, 5.74) is 4.14. The highest BCUT2D eigenvalue weighted by atomic mass is 16.8. The van der Waals surface area contributed by atoms with Gasteiger partial charge < -0.3 is 19.1 Å². The lowest BCUT2D eigenvalue weighted by Crippen LogP contribution is -2.20. The van der Waals surface area contributed by atoms with Crippen LogP contribution < -0.4 is 0 Å². The van der Waals surface area contributed by atoms with Crippen LogP contribution in [-0.4, -0.2) is 37.2 Å². The van der Waals surface area contributed by atoms with Gasteiger partial charge >= 0.3 is 0 Å². The van der Waals surface area contributed by atoms with Crippen molar-refractivity contribution in [1.29, 1.82) is 0 Å². The first-order valence-electron chi connectivity index (χ1n) is 7.71. The first-order valence-corrected chi connectivity index (χ1v) is 7.71. The third-order valence-corrected chi connectivity index (χ3v) is 4.77. The molecule has 1 aromatic carbocycles. The molecule has 0 aliphatic carbocycles. The lowest BCUT2D eigenvalue weighted by Gasteiger charge is -2.10. The van der Waals surface area contributed by atoms with E-state index < -0.39 is 0 Å². The molecule has 0 spiro atoms. The average molecular weight is 300 g/mol. The summed E-state index contributed by atoms with van der Waals surface area (Å²) in [6.07, 6.45) is 1.54. The molecule has 0 aromatic heterocycles. The van der Waals surface area contributed by atoms with Crippen molar-refractivity contribution in [2.24, 2.45) is 22.1 Å². The van der Waals surface area contributed by atoms with E-state index in [9.17, 15) is 0 Å². The third kappa shape index (κ3) is 1.80. The van der Waals surface area contributed by atoms with Crippen molar-refractivity contribution in [1.82, 2.24) is 0 Å². The minimum Gasteiger partial charge on any atom is -0.363 e. The van der Waals surface area contributed by atoms with Gasteiger partial charge in [0.05, 0.1) is 36.5 Å². The van der Waals surface area contributed by atoms with Gasteiger partial charge in [-0.2, -0.15) is 0 Å². The van der Waals surface area contributed by atoms with Crippen LogP contribution in [0.5, 0.6) is 0 Å². The Hall–Kier alpha value is -1.92. The molecule has 4 aliphatic heterocycles. The molecule has 0 saturated carbocycles. The molecular formula is C16H16N2O4. The van der Waals surface area contributed by atoms with Crippen LogP contribution in [-0.2, 0) is 19.1 Å². The summed E-state index contributed by atoms with van der Waals surface area (Å²) in [5.74, 6) is 0.510. The molecule has 22 heavy (non-hydrogen) atoms. The van der Waals surface area contributed by atoms with E-state index in [1.54, 1.807) is 0 Å². The zero-order valence-corrected chi connectivity index (χ0v) is 12.0. The third-order valence-electron chi connectivity index (χ3n) is 4.77. The summed E-state index contributed by atoms with van der Waals surface area (Å²) < 4.78 is 11.0. The van der Waals surface area contributed by atoms with Crippen molar-refractivity contribution in [3.05, 3.63) is 35.4 Å². The van der Waals surface area contributed by atoms with Crippen LogP contribution in [0.25, 0.3) is 0 Å². The van der Waals surface area contributed by atoms with Crippen LogP contribution >= 0.6 is 0 Å². The molecule has 1 aromatic rings. The molecule has 6 nitrogen and oxygen atoms in total. The zero-order chi connectivity index (χ0) is 14.5. The minimum absolute atomic E-state index is 0.196. The normalized spacial score (nSPS) is 35.5. The Morgan fingerprint density at radius 3 is 1.64 bits per heavy atom.